The van der Waals surface area contributed by atoms with E-state index < -0.39 is 4.92 Å². The van der Waals surface area contributed by atoms with E-state index in [1.807, 2.05) is 30.5 Å². The van der Waals surface area contributed by atoms with Crippen molar-refractivity contribution in [2.24, 2.45) is 0 Å². The van der Waals surface area contributed by atoms with Crippen LogP contribution in [0, 0.1) is 24.0 Å². The van der Waals surface area contributed by atoms with Gasteiger partial charge in [0.25, 0.3) is 0 Å². The van der Waals surface area contributed by atoms with E-state index in [4.69, 9.17) is 0 Å². The highest BCUT2D eigenvalue weighted by Crippen LogP contribution is 2.24. The summed E-state index contributed by atoms with van der Waals surface area (Å²) in [5.41, 5.74) is 5.71. The van der Waals surface area contributed by atoms with E-state index in [1.165, 1.54) is 16.7 Å². The molecule has 0 saturated heterocycles. The zero-order chi connectivity index (χ0) is 16.4. The summed E-state index contributed by atoms with van der Waals surface area (Å²) in [4.78, 5) is 10.2. The molecule has 1 heterocycles. The summed E-state index contributed by atoms with van der Waals surface area (Å²) in [6.07, 6.45) is 4.52. The first-order valence-corrected chi connectivity index (χ1v) is 7.50. The van der Waals surface area contributed by atoms with Crippen LogP contribution in [0.25, 0.3) is 17.0 Å². The third-order valence-corrected chi connectivity index (χ3v) is 4.12. The Balaban J connectivity index is 2.03. The Morgan fingerprint density at radius 1 is 1.13 bits per heavy atom. The maximum atomic E-state index is 10.6. The minimum absolute atomic E-state index is 0.435. The highest BCUT2D eigenvalue weighted by Gasteiger charge is 2.08. The van der Waals surface area contributed by atoms with E-state index in [-0.39, 0.29) is 0 Å². The van der Waals surface area contributed by atoms with Gasteiger partial charge in [0, 0.05) is 35.3 Å². The molecule has 0 aliphatic heterocycles. The maximum Gasteiger partial charge on any atom is 0.235 e. The van der Waals surface area contributed by atoms with Gasteiger partial charge in [-0.3, -0.25) is 10.1 Å². The second-order valence-corrected chi connectivity index (χ2v) is 5.75. The van der Waals surface area contributed by atoms with E-state index in [2.05, 4.69) is 36.6 Å². The second-order valence-electron chi connectivity index (χ2n) is 5.75. The van der Waals surface area contributed by atoms with Gasteiger partial charge in [-0.25, -0.2) is 0 Å². The molecule has 0 fully saturated rings. The molecule has 3 aromatic rings. The van der Waals surface area contributed by atoms with Crippen LogP contribution in [0.5, 0.6) is 0 Å². The molecule has 23 heavy (non-hydrogen) atoms. The molecule has 4 nitrogen and oxygen atoms in total. The Morgan fingerprint density at radius 2 is 1.91 bits per heavy atom. The Kier molecular flexibility index (Phi) is 3.98. The molecular weight excluding hydrogens is 288 g/mol. The number of hydrogen-bond acceptors (Lipinski definition) is 2. The number of rotatable bonds is 4. The Bertz CT molecular complexity index is 907. The van der Waals surface area contributed by atoms with Crippen LogP contribution in [0.15, 0.2) is 54.9 Å². The lowest BCUT2D eigenvalue weighted by Crippen LogP contribution is -1.98. The predicted molar refractivity (Wildman–Crippen MR) is 93.0 cm³/mol. The molecule has 116 valence electrons. The topological polar surface area (TPSA) is 48.1 Å². The van der Waals surface area contributed by atoms with E-state index >= 15 is 0 Å². The first kappa shape index (κ1) is 15.0. The molecule has 0 N–H and O–H groups in total. The van der Waals surface area contributed by atoms with Gasteiger partial charge in [-0.15, -0.1) is 0 Å². The number of hydrogen-bond donors (Lipinski definition) is 0. The molecule has 0 amide bonds. The normalized spacial score (nSPS) is 11.4. The molecule has 0 radical (unpaired) electrons. The molecule has 3 rings (SSSR count). The molecule has 4 heteroatoms. The lowest BCUT2D eigenvalue weighted by Gasteiger charge is -2.08. The van der Waals surface area contributed by atoms with Crippen molar-refractivity contribution >= 4 is 17.0 Å². The number of aromatic nitrogens is 1. The highest BCUT2D eigenvalue weighted by molar-refractivity contribution is 5.89. The number of aryl methyl sites for hydroxylation is 2. The molecule has 0 saturated carbocycles. The van der Waals surface area contributed by atoms with E-state index in [9.17, 15) is 10.1 Å². The largest absolute Gasteiger partial charge is 0.342 e. The van der Waals surface area contributed by atoms with Crippen LogP contribution in [0.4, 0.5) is 0 Å². The number of para-hydroxylation sites is 1. The molecule has 0 aliphatic carbocycles. The number of nitrogens with zero attached hydrogens (tertiary/aromatic N) is 2. The van der Waals surface area contributed by atoms with Crippen LogP contribution in [0.1, 0.15) is 22.3 Å². The predicted octanol–water partition coefficient (Wildman–Crippen LogP) is 4.55. The zero-order valence-corrected chi connectivity index (χ0v) is 13.2. The second kappa shape index (κ2) is 6.08. The smallest absolute Gasteiger partial charge is 0.235 e. The van der Waals surface area contributed by atoms with Crippen LogP contribution in [0.2, 0.25) is 0 Å². The first-order valence-electron chi connectivity index (χ1n) is 7.50. The number of benzene rings is 2. The minimum atomic E-state index is -0.435. The fourth-order valence-electron chi connectivity index (χ4n) is 2.78. The third kappa shape index (κ3) is 3.16. The lowest BCUT2D eigenvalue weighted by molar-refractivity contribution is -0.400. The van der Waals surface area contributed by atoms with Gasteiger partial charge >= 0.3 is 0 Å². The molecular formula is C19H18N2O2. The fourth-order valence-corrected chi connectivity index (χ4v) is 2.78. The standard InChI is InChI=1S/C19H18N2O2/c1-14-7-8-16(11-15(14)2)12-20-13-17(9-10-21(22)23)18-5-3-4-6-19(18)20/h3-11,13H,12H2,1-2H3. The van der Waals surface area contributed by atoms with Crippen molar-refractivity contribution < 1.29 is 4.92 Å². The summed E-state index contributed by atoms with van der Waals surface area (Å²) in [6.45, 7) is 4.95. The quantitative estimate of drug-likeness (QED) is 0.524. The van der Waals surface area contributed by atoms with E-state index in [0.717, 1.165) is 29.2 Å². The molecule has 0 bridgehead atoms. The zero-order valence-electron chi connectivity index (χ0n) is 13.2. The molecule has 0 spiro atoms. The lowest BCUT2D eigenvalue weighted by atomic mass is 10.1. The van der Waals surface area contributed by atoms with Crippen molar-refractivity contribution in [1.29, 1.82) is 0 Å². The third-order valence-electron chi connectivity index (χ3n) is 4.12. The van der Waals surface area contributed by atoms with Crippen molar-refractivity contribution in [3.05, 3.63) is 87.2 Å². The highest BCUT2D eigenvalue weighted by atomic mass is 16.6. The summed E-state index contributed by atoms with van der Waals surface area (Å²) in [5, 5.41) is 11.6. The van der Waals surface area contributed by atoms with Crippen molar-refractivity contribution in [3.63, 3.8) is 0 Å². The van der Waals surface area contributed by atoms with Crippen LogP contribution in [-0.2, 0) is 6.54 Å². The molecule has 0 aliphatic rings. The van der Waals surface area contributed by atoms with Crippen LogP contribution >= 0.6 is 0 Å². The van der Waals surface area contributed by atoms with Gasteiger partial charge in [-0.1, -0.05) is 36.4 Å². The van der Waals surface area contributed by atoms with Crippen LogP contribution in [0.3, 0.4) is 0 Å². The van der Waals surface area contributed by atoms with Crippen molar-refractivity contribution in [1.82, 2.24) is 4.57 Å². The van der Waals surface area contributed by atoms with Crippen LogP contribution < -0.4 is 0 Å². The van der Waals surface area contributed by atoms with Crippen LogP contribution in [-0.4, -0.2) is 9.49 Å². The Labute approximate surface area is 134 Å². The SMILES string of the molecule is Cc1ccc(Cn2cc(C=C[N+](=O)[O-])c3ccccc32)cc1C. The Morgan fingerprint density at radius 3 is 2.65 bits per heavy atom. The minimum Gasteiger partial charge on any atom is -0.342 e. The van der Waals surface area contributed by atoms with Gasteiger partial charge in [0.05, 0.1) is 4.92 Å². The van der Waals surface area contributed by atoms with Crippen molar-refractivity contribution in [2.45, 2.75) is 20.4 Å². The van der Waals surface area contributed by atoms with Crippen molar-refractivity contribution in [3.8, 4) is 0 Å². The van der Waals surface area contributed by atoms with E-state index in [0.29, 0.717) is 0 Å². The molecule has 0 atom stereocenters. The monoisotopic (exact) mass is 306 g/mol. The van der Waals surface area contributed by atoms with Gasteiger partial charge in [-0.05, 0) is 36.6 Å². The van der Waals surface area contributed by atoms with Gasteiger partial charge < -0.3 is 4.57 Å². The number of nitro groups is 1. The summed E-state index contributed by atoms with van der Waals surface area (Å²) in [5.74, 6) is 0. The summed E-state index contributed by atoms with van der Waals surface area (Å²) >= 11 is 0. The average Bonchev–Trinajstić information content (AvgIpc) is 2.87. The fraction of sp³-hybridized carbons (Fsp3) is 0.158. The van der Waals surface area contributed by atoms with E-state index in [1.54, 1.807) is 6.08 Å². The molecule has 1 aromatic heterocycles. The number of fused-ring (bicyclic) bond motifs is 1. The first-order chi connectivity index (χ1) is 11.0. The summed E-state index contributed by atoms with van der Waals surface area (Å²) < 4.78 is 2.14. The van der Waals surface area contributed by atoms with Gasteiger partial charge in [0.15, 0.2) is 0 Å². The average molecular weight is 306 g/mol. The van der Waals surface area contributed by atoms with Gasteiger partial charge in [-0.2, -0.15) is 0 Å². The summed E-state index contributed by atoms with van der Waals surface area (Å²) in [6, 6.07) is 14.4. The van der Waals surface area contributed by atoms with Crippen molar-refractivity contribution in [2.75, 3.05) is 0 Å². The maximum absolute atomic E-state index is 10.6. The molecule has 0 unspecified atom stereocenters. The summed E-state index contributed by atoms with van der Waals surface area (Å²) in [7, 11) is 0. The van der Waals surface area contributed by atoms with Gasteiger partial charge in [0.2, 0.25) is 6.20 Å². The Hall–Kier alpha value is -2.88. The van der Waals surface area contributed by atoms with Gasteiger partial charge in [0.1, 0.15) is 0 Å². The molecule has 2 aromatic carbocycles.